The second-order valence-electron chi connectivity index (χ2n) is 4.62. The van der Waals surface area contributed by atoms with Crippen LogP contribution in [-0.2, 0) is 9.53 Å². The molecule has 0 aliphatic carbocycles. The molecule has 12 heavy (non-hydrogen) atoms. The Hall–Kier alpha value is -0.570. The summed E-state index contributed by atoms with van der Waals surface area (Å²) in [5.41, 5.74) is -0.649. The minimum atomic E-state index is -0.936. The fourth-order valence-corrected chi connectivity index (χ4v) is 1.24. The molecule has 0 unspecified atom stereocenters. The maximum absolute atomic E-state index is 11.0. The minimum absolute atomic E-state index is 0.125. The van der Waals surface area contributed by atoms with Crippen LogP contribution in [0.2, 0.25) is 0 Å². The molecule has 0 amide bonds. The van der Waals surface area contributed by atoms with Crippen LogP contribution in [-0.4, -0.2) is 22.8 Å². The molecule has 0 spiro atoms. The van der Waals surface area contributed by atoms with Crippen LogP contribution in [0.1, 0.15) is 34.1 Å². The zero-order valence-electron chi connectivity index (χ0n) is 8.05. The van der Waals surface area contributed by atoms with Gasteiger partial charge in [0.15, 0.2) is 6.10 Å². The number of aliphatic hydroxyl groups is 1. The number of ether oxygens (including phenoxy) is 1. The van der Waals surface area contributed by atoms with Crippen LogP contribution < -0.4 is 0 Å². The molecule has 1 aliphatic rings. The molecular weight excluding hydrogens is 156 g/mol. The van der Waals surface area contributed by atoms with Crippen LogP contribution in [0.15, 0.2) is 0 Å². The van der Waals surface area contributed by atoms with E-state index < -0.39 is 17.7 Å². The lowest BCUT2D eigenvalue weighted by atomic mass is 9.76. The van der Waals surface area contributed by atoms with Crippen LogP contribution in [0, 0.1) is 5.41 Å². The molecule has 0 aromatic rings. The Labute approximate surface area is 72.7 Å². The van der Waals surface area contributed by atoms with Gasteiger partial charge in [-0.2, -0.15) is 0 Å². The van der Waals surface area contributed by atoms with Gasteiger partial charge in [-0.1, -0.05) is 20.8 Å². The van der Waals surface area contributed by atoms with Crippen molar-refractivity contribution in [1.82, 2.24) is 0 Å². The zero-order valence-corrected chi connectivity index (χ0v) is 8.05. The third-order valence-electron chi connectivity index (χ3n) is 2.77. The van der Waals surface area contributed by atoms with Crippen molar-refractivity contribution in [3.63, 3.8) is 0 Å². The maximum Gasteiger partial charge on any atom is 0.335 e. The summed E-state index contributed by atoms with van der Waals surface area (Å²) in [5, 5.41) is 9.22. The Morgan fingerprint density at radius 2 is 2.08 bits per heavy atom. The van der Waals surface area contributed by atoms with E-state index in [1.165, 1.54) is 0 Å². The normalized spacial score (nSPS) is 36.8. The molecule has 1 saturated heterocycles. The van der Waals surface area contributed by atoms with Crippen molar-refractivity contribution in [3.05, 3.63) is 0 Å². The van der Waals surface area contributed by atoms with Gasteiger partial charge in [0.2, 0.25) is 0 Å². The topological polar surface area (TPSA) is 46.5 Å². The predicted molar refractivity (Wildman–Crippen MR) is 44.6 cm³/mol. The standard InChI is InChI=1S/C9H16O3/c1-8(2,3)9(4)5-6(10)7(11)12-9/h6,10H,5H2,1-4H3/t6-,9-/m0/s1. The largest absolute Gasteiger partial charge is 0.457 e. The van der Waals surface area contributed by atoms with Crippen molar-refractivity contribution < 1.29 is 14.6 Å². The summed E-state index contributed by atoms with van der Waals surface area (Å²) in [6, 6.07) is 0. The fraction of sp³-hybridized carbons (Fsp3) is 0.889. The van der Waals surface area contributed by atoms with Crippen molar-refractivity contribution in [2.45, 2.75) is 45.8 Å². The van der Waals surface area contributed by atoms with E-state index in [4.69, 9.17) is 4.74 Å². The molecule has 0 radical (unpaired) electrons. The van der Waals surface area contributed by atoms with Crippen molar-refractivity contribution in [2.24, 2.45) is 5.41 Å². The van der Waals surface area contributed by atoms with Gasteiger partial charge >= 0.3 is 5.97 Å². The van der Waals surface area contributed by atoms with E-state index in [1.54, 1.807) is 0 Å². The molecule has 1 heterocycles. The third-order valence-corrected chi connectivity index (χ3v) is 2.77. The highest BCUT2D eigenvalue weighted by atomic mass is 16.6. The minimum Gasteiger partial charge on any atom is -0.457 e. The molecule has 70 valence electrons. The average Bonchev–Trinajstić information content (AvgIpc) is 2.06. The van der Waals surface area contributed by atoms with E-state index in [0.29, 0.717) is 6.42 Å². The number of esters is 1. The van der Waals surface area contributed by atoms with Gasteiger partial charge in [-0.15, -0.1) is 0 Å². The van der Waals surface area contributed by atoms with Crippen LogP contribution >= 0.6 is 0 Å². The summed E-state index contributed by atoms with van der Waals surface area (Å²) in [4.78, 5) is 11.0. The van der Waals surface area contributed by atoms with Gasteiger partial charge in [-0.25, -0.2) is 4.79 Å². The molecular formula is C9H16O3. The molecule has 2 atom stereocenters. The summed E-state index contributed by atoms with van der Waals surface area (Å²) in [6.07, 6.45) is -0.538. The Bertz CT molecular complexity index is 204. The highest BCUT2D eigenvalue weighted by Gasteiger charge is 2.49. The Kier molecular flexibility index (Phi) is 1.95. The SMILES string of the molecule is CC(C)(C)[C@]1(C)C[C@H](O)C(=O)O1. The number of carbonyl (C=O) groups excluding carboxylic acids is 1. The van der Waals surface area contributed by atoms with E-state index in [1.807, 2.05) is 27.7 Å². The number of hydrogen-bond donors (Lipinski definition) is 1. The molecule has 0 aromatic heterocycles. The first kappa shape index (κ1) is 9.52. The molecule has 1 N–H and O–H groups in total. The average molecular weight is 172 g/mol. The second-order valence-corrected chi connectivity index (χ2v) is 4.62. The monoisotopic (exact) mass is 172 g/mol. The number of cyclic esters (lactones) is 1. The smallest absolute Gasteiger partial charge is 0.335 e. The molecule has 0 aromatic carbocycles. The molecule has 1 fully saturated rings. The summed E-state index contributed by atoms with van der Waals surface area (Å²) >= 11 is 0. The summed E-state index contributed by atoms with van der Waals surface area (Å²) in [5.74, 6) is -0.493. The van der Waals surface area contributed by atoms with Gasteiger partial charge in [-0.05, 0) is 6.92 Å². The van der Waals surface area contributed by atoms with Gasteiger partial charge in [0.25, 0.3) is 0 Å². The lowest BCUT2D eigenvalue weighted by molar-refractivity contribution is -0.158. The van der Waals surface area contributed by atoms with E-state index in [9.17, 15) is 9.90 Å². The fourth-order valence-electron chi connectivity index (χ4n) is 1.24. The quantitative estimate of drug-likeness (QED) is 0.556. The third kappa shape index (κ3) is 1.33. The molecule has 3 heteroatoms. The van der Waals surface area contributed by atoms with Gasteiger partial charge in [0.1, 0.15) is 5.60 Å². The van der Waals surface area contributed by atoms with Crippen LogP contribution in [0.3, 0.4) is 0 Å². The van der Waals surface area contributed by atoms with E-state index in [-0.39, 0.29) is 5.41 Å². The lowest BCUT2D eigenvalue weighted by Gasteiger charge is -2.36. The number of carbonyl (C=O) groups is 1. The van der Waals surface area contributed by atoms with Crippen LogP contribution in [0.5, 0.6) is 0 Å². The van der Waals surface area contributed by atoms with Gasteiger partial charge < -0.3 is 9.84 Å². The summed E-state index contributed by atoms with van der Waals surface area (Å²) in [7, 11) is 0. The molecule has 3 nitrogen and oxygen atoms in total. The number of rotatable bonds is 0. The van der Waals surface area contributed by atoms with Gasteiger partial charge in [0.05, 0.1) is 0 Å². The van der Waals surface area contributed by atoms with Crippen molar-refractivity contribution >= 4 is 5.97 Å². The maximum atomic E-state index is 11.0. The van der Waals surface area contributed by atoms with Crippen molar-refractivity contribution in [1.29, 1.82) is 0 Å². The highest BCUT2D eigenvalue weighted by molar-refractivity contribution is 5.77. The molecule has 1 rings (SSSR count). The number of aliphatic hydroxyl groups excluding tert-OH is 1. The Morgan fingerprint density at radius 3 is 2.25 bits per heavy atom. The first-order chi connectivity index (χ1) is 5.26. The van der Waals surface area contributed by atoms with Crippen LogP contribution in [0.25, 0.3) is 0 Å². The Morgan fingerprint density at radius 1 is 1.58 bits per heavy atom. The van der Waals surface area contributed by atoms with Crippen molar-refractivity contribution in [3.8, 4) is 0 Å². The zero-order chi connectivity index (χ0) is 9.57. The Balaban J connectivity index is 2.84. The van der Waals surface area contributed by atoms with Crippen LogP contribution in [0.4, 0.5) is 0 Å². The van der Waals surface area contributed by atoms with E-state index >= 15 is 0 Å². The van der Waals surface area contributed by atoms with E-state index in [0.717, 1.165) is 0 Å². The first-order valence-electron chi connectivity index (χ1n) is 4.17. The molecule has 1 aliphatic heterocycles. The number of hydrogen-bond acceptors (Lipinski definition) is 3. The molecule has 0 bridgehead atoms. The summed E-state index contributed by atoms with van der Waals surface area (Å²) < 4.78 is 5.14. The first-order valence-corrected chi connectivity index (χ1v) is 4.17. The molecule has 0 saturated carbocycles. The van der Waals surface area contributed by atoms with E-state index in [2.05, 4.69) is 0 Å². The highest BCUT2D eigenvalue weighted by Crippen LogP contribution is 2.41. The lowest BCUT2D eigenvalue weighted by Crippen LogP contribution is -2.39. The summed E-state index contributed by atoms with van der Waals surface area (Å²) in [6.45, 7) is 7.86. The van der Waals surface area contributed by atoms with Gasteiger partial charge in [0, 0.05) is 11.8 Å². The predicted octanol–water partition coefficient (Wildman–Crippen LogP) is 1.10. The van der Waals surface area contributed by atoms with Crippen molar-refractivity contribution in [2.75, 3.05) is 0 Å². The van der Waals surface area contributed by atoms with Gasteiger partial charge in [-0.3, -0.25) is 0 Å². The second kappa shape index (κ2) is 2.46.